The van der Waals surface area contributed by atoms with Crippen molar-refractivity contribution in [3.8, 4) is 0 Å². The van der Waals surface area contributed by atoms with E-state index in [4.69, 9.17) is 4.55 Å². The first-order chi connectivity index (χ1) is 4.29. The van der Waals surface area contributed by atoms with Gasteiger partial charge in [0.05, 0.1) is 7.11 Å². The quantitative estimate of drug-likeness (QED) is 0.469. The fourth-order valence-electron chi connectivity index (χ4n) is 0. The molecule has 0 spiro atoms. The van der Waals surface area contributed by atoms with Crippen molar-refractivity contribution >= 4 is 10.4 Å². The minimum Gasteiger partial charge on any atom is -0.264 e. The van der Waals surface area contributed by atoms with Crippen LogP contribution >= 0.6 is 0 Å². The Kier molecular flexibility index (Phi) is 6.64. The molecule has 1 N–H and O–H groups in total. The second-order valence-corrected chi connectivity index (χ2v) is 2.99. The van der Waals surface area contributed by atoms with Gasteiger partial charge in [-0.1, -0.05) is 5.57 Å². The lowest BCUT2D eigenvalue weighted by molar-refractivity contribution is 0.324. The molecular formula is C5H12O4S. The van der Waals surface area contributed by atoms with Gasteiger partial charge in [-0.3, -0.25) is 8.74 Å². The summed E-state index contributed by atoms with van der Waals surface area (Å²) in [5, 5.41) is 0. The van der Waals surface area contributed by atoms with Crippen molar-refractivity contribution in [2.45, 2.75) is 13.8 Å². The van der Waals surface area contributed by atoms with Gasteiger partial charge in [-0.2, -0.15) is 8.42 Å². The van der Waals surface area contributed by atoms with Crippen molar-refractivity contribution in [2.24, 2.45) is 0 Å². The van der Waals surface area contributed by atoms with Gasteiger partial charge in [-0.05, 0) is 13.8 Å². The van der Waals surface area contributed by atoms with Crippen molar-refractivity contribution in [1.29, 1.82) is 0 Å². The lowest BCUT2D eigenvalue weighted by atomic mass is 10.4. The molecule has 4 nitrogen and oxygen atoms in total. The molecule has 5 heteroatoms. The lowest BCUT2D eigenvalue weighted by Gasteiger charge is -1.82. The number of hydrogen-bond donors (Lipinski definition) is 1. The second-order valence-electron chi connectivity index (χ2n) is 1.80. The minimum absolute atomic E-state index is 0.870. The average Bonchev–Trinajstić information content (AvgIpc) is 1.63. The standard InChI is InChI=1S/C4H8.CH4O4S/c1-4(2)3;1-5-6(2,3)4/h1H2,2-3H3;1H3,(H,2,3,4). The molecule has 0 aromatic rings. The highest BCUT2D eigenvalue weighted by molar-refractivity contribution is 7.80. The first kappa shape index (κ1) is 12.3. The Hall–Kier alpha value is -0.390. The van der Waals surface area contributed by atoms with E-state index < -0.39 is 10.4 Å². The molecule has 0 fully saturated rings. The van der Waals surface area contributed by atoms with Crippen LogP contribution in [0.5, 0.6) is 0 Å². The summed E-state index contributed by atoms with van der Waals surface area (Å²) in [6.07, 6.45) is 0. The molecule has 0 aliphatic carbocycles. The second kappa shape index (κ2) is 5.40. The Balaban J connectivity index is 0. The average molecular weight is 168 g/mol. The molecule has 0 bridgehead atoms. The third-order valence-electron chi connectivity index (χ3n) is 0.211. The zero-order chi connectivity index (χ0) is 8.78. The minimum atomic E-state index is -4.16. The van der Waals surface area contributed by atoms with Gasteiger partial charge >= 0.3 is 10.4 Å². The third-order valence-corrected chi connectivity index (χ3v) is 0.632. The number of rotatable bonds is 1. The summed E-state index contributed by atoms with van der Waals surface area (Å²) < 4.78 is 29.7. The highest BCUT2D eigenvalue weighted by Gasteiger charge is 1.93. The van der Waals surface area contributed by atoms with Crippen LogP contribution in [0.4, 0.5) is 0 Å². The topological polar surface area (TPSA) is 63.6 Å². The summed E-state index contributed by atoms with van der Waals surface area (Å²) in [7, 11) is -3.29. The highest BCUT2D eigenvalue weighted by atomic mass is 32.3. The predicted molar refractivity (Wildman–Crippen MR) is 39.0 cm³/mol. The Labute approximate surface area is 61.5 Å². The Bertz CT molecular complexity index is 176. The van der Waals surface area contributed by atoms with Crippen LogP contribution in [0.15, 0.2) is 12.2 Å². The van der Waals surface area contributed by atoms with Gasteiger partial charge in [0.25, 0.3) is 0 Å². The fourth-order valence-corrected chi connectivity index (χ4v) is 0. The molecule has 0 rings (SSSR count). The summed E-state index contributed by atoms with van der Waals surface area (Å²) in [4.78, 5) is 0. The van der Waals surface area contributed by atoms with Gasteiger partial charge in [0.15, 0.2) is 0 Å². The maximum Gasteiger partial charge on any atom is 0.397 e. The van der Waals surface area contributed by atoms with Crippen molar-refractivity contribution < 1.29 is 17.2 Å². The van der Waals surface area contributed by atoms with Crippen LogP contribution in [0.1, 0.15) is 13.8 Å². The van der Waals surface area contributed by atoms with E-state index in [0.29, 0.717) is 0 Å². The highest BCUT2D eigenvalue weighted by Crippen LogP contribution is 1.75. The van der Waals surface area contributed by atoms with E-state index >= 15 is 0 Å². The number of hydrogen-bond acceptors (Lipinski definition) is 3. The molecule has 0 aliphatic rings. The zero-order valence-corrected chi connectivity index (χ0v) is 7.10. The van der Waals surface area contributed by atoms with E-state index in [0.717, 1.165) is 7.11 Å². The molecule has 0 saturated carbocycles. The zero-order valence-electron chi connectivity index (χ0n) is 6.29. The van der Waals surface area contributed by atoms with E-state index in [1.165, 1.54) is 5.57 Å². The van der Waals surface area contributed by atoms with Gasteiger partial charge in [0.1, 0.15) is 0 Å². The fraction of sp³-hybridized carbons (Fsp3) is 0.600. The molecular weight excluding hydrogens is 156 g/mol. The molecule has 0 aliphatic heterocycles. The van der Waals surface area contributed by atoms with Crippen LogP contribution < -0.4 is 0 Å². The maximum absolute atomic E-state index is 9.33. The molecule has 0 atom stereocenters. The monoisotopic (exact) mass is 168 g/mol. The largest absolute Gasteiger partial charge is 0.397 e. The van der Waals surface area contributed by atoms with Crippen molar-refractivity contribution in [1.82, 2.24) is 0 Å². The Morgan fingerprint density at radius 1 is 1.50 bits per heavy atom. The number of allylic oxidation sites excluding steroid dienone is 1. The molecule has 0 aromatic carbocycles. The van der Waals surface area contributed by atoms with Crippen LogP contribution in [0.2, 0.25) is 0 Å². The predicted octanol–water partition coefficient (Wildman–Crippen LogP) is 1.02. The molecule has 0 heterocycles. The van der Waals surface area contributed by atoms with Crippen LogP contribution in [-0.2, 0) is 14.6 Å². The summed E-state index contributed by atoms with van der Waals surface area (Å²) in [5.74, 6) is 0. The summed E-state index contributed by atoms with van der Waals surface area (Å²) >= 11 is 0. The van der Waals surface area contributed by atoms with Crippen molar-refractivity contribution in [3.05, 3.63) is 12.2 Å². The third kappa shape index (κ3) is 48.8. The molecule has 62 valence electrons. The van der Waals surface area contributed by atoms with E-state index in [-0.39, 0.29) is 0 Å². The SMILES string of the molecule is C=C(C)C.COS(=O)(=O)O. The molecule has 0 amide bonds. The summed E-state index contributed by atoms with van der Waals surface area (Å²) in [6, 6.07) is 0. The van der Waals surface area contributed by atoms with Crippen molar-refractivity contribution in [3.63, 3.8) is 0 Å². The Morgan fingerprint density at radius 2 is 1.60 bits per heavy atom. The van der Waals surface area contributed by atoms with Crippen LogP contribution in [0, 0.1) is 0 Å². The van der Waals surface area contributed by atoms with Crippen molar-refractivity contribution in [2.75, 3.05) is 7.11 Å². The molecule has 0 aromatic heterocycles. The Morgan fingerprint density at radius 3 is 1.60 bits per heavy atom. The molecule has 0 saturated heterocycles. The van der Waals surface area contributed by atoms with E-state index in [1.807, 2.05) is 13.8 Å². The molecule has 0 radical (unpaired) electrons. The smallest absolute Gasteiger partial charge is 0.264 e. The van der Waals surface area contributed by atoms with E-state index in [9.17, 15) is 8.42 Å². The summed E-state index contributed by atoms with van der Waals surface area (Å²) in [5.41, 5.74) is 1.17. The molecule has 0 unspecified atom stereocenters. The summed E-state index contributed by atoms with van der Waals surface area (Å²) in [6.45, 7) is 7.50. The van der Waals surface area contributed by atoms with Gasteiger partial charge < -0.3 is 0 Å². The van der Waals surface area contributed by atoms with Gasteiger partial charge in [0, 0.05) is 0 Å². The van der Waals surface area contributed by atoms with Gasteiger partial charge in [0.2, 0.25) is 0 Å². The first-order valence-corrected chi connectivity index (χ1v) is 3.81. The van der Waals surface area contributed by atoms with Crippen LogP contribution in [0.25, 0.3) is 0 Å². The van der Waals surface area contributed by atoms with Gasteiger partial charge in [-0.15, -0.1) is 6.58 Å². The van der Waals surface area contributed by atoms with Crippen LogP contribution in [0.3, 0.4) is 0 Å². The lowest BCUT2D eigenvalue weighted by Crippen LogP contribution is -1.96. The van der Waals surface area contributed by atoms with E-state index in [1.54, 1.807) is 0 Å². The first-order valence-electron chi connectivity index (χ1n) is 2.44. The molecule has 10 heavy (non-hydrogen) atoms. The van der Waals surface area contributed by atoms with E-state index in [2.05, 4.69) is 10.8 Å². The van der Waals surface area contributed by atoms with Crippen LogP contribution in [-0.4, -0.2) is 20.1 Å². The normalized spacial score (nSPS) is 9.60. The maximum atomic E-state index is 9.33. The van der Waals surface area contributed by atoms with Gasteiger partial charge in [-0.25, -0.2) is 0 Å².